The summed E-state index contributed by atoms with van der Waals surface area (Å²) in [6.45, 7) is 6.08. The minimum absolute atomic E-state index is 0.0738. The molecule has 1 aromatic heterocycles. The van der Waals surface area contributed by atoms with Crippen molar-refractivity contribution in [3.05, 3.63) is 57.8 Å². The van der Waals surface area contributed by atoms with Crippen molar-refractivity contribution in [3.8, 4) is 0 Å². The summed E-state index contributed by atoms with van der Waals surface area (Å²) in [5, 5.41) is 5.33. The third-order valence-corrected chi connectivity index (χ3v) is 6.36. The Hall–Kier alpha value is -1.69. The number of rotatable bonds is 6. The fraction of sp³-hybridized carbons (Fsp3) is 0.476. The Labute approximate surface area is 159 Å². The topological polar surface area (TPSA) is 35.6 Å². The Morgan fingerprint density at radius 1 is 1.04 bits per heavy atom. The second kappa shape index (κ2) is 8.33. The fourth-order valence-electron chi connectivity index (χ4n) is 4.00. The lowest BCUT2D eigenvalue weighted by Crippen LogP contribution is -2.55. The lowest BCUT2D eigenvalue weighted by Gasteiger charge is -2.34. The van der Waals surface area contributed by atoms with Gasteiger partial charge >= 0.3 is 0 Å². The lowest BCUT2D eigenvalue weighted by molar-refractivity contribution is -0.129. The molecule has 2 aromatic rings. The molecule has 26 heavy (non-hydrogen) atoms. The zero-order valence-corrected chi connectivity index (χ0v) is 16.0. The predicted octanol–water partition coefficient (Wildman–Crippen LogP) is 2.89. The Bertz CT molecular complexity index is 724. The molecule has 0 saturated carbocycles. The molecule has 2 fully saturated rings. The van der Waals surface area contributed by atoms with Crippen molar-refractivity contribution >= 4 is 17.2 Å². The molecule has 1 aromatic carbocycles. The molecule has 4 rings (SSSR count). The van der Waals surface area contributed by atoms with E-state index in [4.69, 9.17) is 0 Å². The molecule has 0 spiro atoms. The molecule has 0 unspecified atom stereocenters. The van der Waals surface area contributed by atoms with Crippen LogP contribution in [0.2, 0.25) is 0 Å². The van der Waals surface area contributed by atoms with Crippen molar-refractivity contribution in [2.45, 2.75) is 38.4 Å². The highest BCUT2D eigenvalue weighted by atomic mass is 32.1. The first-order chi connectivity index (χ1) is 12.8. The van der Waals surface area contributed by atoms with Crippen molar-refractivity contribution in [1.82, 2.24) is 15.1 Å². The van der Waals surface area contributed by atoms with Gasteiger partial charge in [0.1, 0.15) is 0 Å². The number of carbonyl (C=O) groups is 1. The first-order valence-corrected chi connectivity index (χ1v) is 10.5. The molecule has 138 valence electrons. The van der Waals surface area contributed by atoms with Crippen LogP contribution < -0.4 is 5.32 Å². The average molecular weight is 370 g/mol. The molecule has 0 bridgehead atoms. The molecule has 2 aliphatic heterocycles. The van der Waals surface area contributed by atoms with Crippen LogP contribution in [-0.2, 0) is 24.3 Å². The van der Waals surface area contributed by atoms with E-state index in [1.54, 1.807) is 0 Å². The Kier molecular flexibility index (Phi) is 5.68. The molecule has 1 atom stereocenters. The summed E-state index contributed by atoms with van der Waals surface area (Å²) in [7, 11) is 0. The van der Waals surface area contributed by atoms with E-state index < -0.39 is 0 Å². The largest absolute Gasteiger partial charge is 0.353 e. The summed E-state index contributed by atoms with van der Waals surface area (Å²) in [6, 6.07) is 12.6. The van der Waals surface area contributed by atoms with E-state index in [2.05, 4.69) is 38.7 Å². The number of nitrogens with one attached hydrogen (secondary N) is 1. The van der Waals surface area contributed by atoms with Crippen LogP contribution in [0.1, 0.15) is 28.8 Å². The minimum atomic E-state index is -0.0738. The zero-order chi connectivity index (χ0) is 17.8. The molecular weight excluding hydrogens is 342 g/mol. The quantitative estimate of drug-likeness (QED) is 0.850. The molecule has 1 N–H and O–H groups in total. The highest BCUT2D eigenvalue weighted by Crippen LogP contribution is 2.22. The van der Waals surface area contributed by atoms with E-state index in [0.717, 1.165) is 32.6 Å². The predicted molar refractivity (Wildman–Crippen MR) is 106 cm³/mol. The number of thiophene rings is 1. The van der Waals surface area contributed by atoms with E-state index >= 15 is 0 Å². The molecule has 0 radical (unpaired) electrons. The van der Waals surface area contributed by atoms with E-state index in [9.17, 15) is 4.79 Å². The summed E-state index contributed by atoms with van der Waals surface area (Å²) in [4.78, 5) is 18.7. The minimum Gasteiger partial charge on any atom is -0.353 e. The van der Waals surface area contributed by atoms with Gasteiger partial charge in [-0.1, -0.05) is 30.3 Å². The molecule has 1 amide bonds. The molecule has 5 heteroatoms. The summed E-state index contributed by atoms with van der Waals surface area (Å²) >= 11 is 1.84. The third-order valence-electron chi connectivity index (χ3n) is 5.39. The van der Waals surface area contributed by atoms with Crippen molar-refractivity contribution in [3.63, 3.8) is 0 Å². The maximum Gasteiger partial charge on any atom is 0.237 e. The highest BCUT2D eigenvalue weighted by Gasteiger charge is 2.30. The molecule has 2 aliphatic rings. The number of amides is 1. The molecular formula is C21H27N3OS. The summed E-state index contributed by atoms with van der Waals surface area (Å²) < 4.78 is 0. The van der Waals surface area contributed by atoms with Gasteiger partial charge in [-0.2, -0.15) is 0 Å². The SMILES string of the molecule is O=C1NCCN(Cc2cc(CN3CCCC3)cs2)[C@H]1Cc1ccccc1. The van der Waals surface area contributed by atoms with Crippen LogP contribution in [0.15, 0.2) is 41.8 Å². The number of piperazine rings is 1. The Morgan fingerprint density at radius 2 is 1.85 bits per heavy atom. The van der Waals surface area contributed by atoms with Crippen LogP contribution in [0.25, 0.3) is 0 Å². The van der Waals surface area contributed by atoms with Gasteiger partial charge in [0.15, 0.2) is 0 Å². The lowest BCUT2D eigenvalue weighted by atomic mass is 10.0. The van der Waals surface area contributed by atoms with Crippen molar-refractivity contribution in [1.29, 1.82) is 0 Å². The number of carbonyl (C=O) groups excluding carboxylic acids is 1. The molecule has 4 nitrogen and oxygen atoms in total. The van der Waals surface area contributed by atoms with E-state index in [0.29, 0.717) is 0 Å². The summed E-state index contributed by atoms with van der Waals surface area (Å²) in [5.41, 5.74) is 2.65. The highest BCUT2D eigenvalue weighted by molar-refractivity contribution is 7.10. The maximum absolute atomic E-state index is 12.5. The van der Waals surface area contributed by atoms with Crippen LogP contribution in [0.4, 0.5) is 0 Å². The number of likely N-dealkylation sites (tertiary alicyclic amines) is 1. The number of hydrogen-bond donors (Lipinski definition) is 1. The fourth-order valence-corrected chi connectivity index (χ4v) is 4.91. The second-order valence-electron chi connectivity index (χ2n) is 7.37. The first-order valence-electron chi connectivity index (χ1n) is 9.62. The van der Waals surface area contributed by atoms with Crippen molar-refractivity contribution in [2.24, 2.45) is 0 Å². The zero-order valence-electron chi connectivity index (χ0n) is 15.2. The number of hydrogen-bond acceptors (Lipinski definition) is 4. The Balaban J connectivity index is 1.41. The number of nitrogens with zero attached hydrogens (tertiary/aromatic N) is 2. The molecule has 3 heterocycles. The van der Waals surface area contributed by atoms with Crippen molar-refractivity contribution < 1.29 is 4.79 Å². The smallest absolute Gasteiger partial charge is 0.237 e. The van der Waals surface area contributed by atoms with Gasteiger partial charge in [0.05, 0.1) is 6.04 Å². The van der Waals surface area contributed by atoms with Crippen molar-refractivity contribution in [2.75, 3.05) is 26.2 Å². The van der Waals surface area contributed by atoms with Gasteiger partial charge in [-0.15, -0.1) is 11.3 Å². The van der Waals surface area contributed by atoms with Gasteiger partial charge in [0.2, 0.25) is 5.91 Å². The van der Waals surface area contributed by atoms with Crippen LogP contribution in [0, 0.1) is 0 Å². The van der Waals surface area contributed by atoms with Crippen LogP contribution >= 0.6 is 11.3 Å². The maximum atomic E-state index is 12.5. The van der Waals surface area contributed by atoms with Gasteiger partial charge in [-0.25, -0.2) is 0 Å². The van der Waals surface area contributed by atoms with E-state index in [1.807, 2.05) is 29.5 Å². The van der Waals surface area contributed by atoms with Gasteiger partial charge < -0.3 is 5.32 Å². The van der Waals surface area contributed by atoms with Gasteiger partial charge in [-0.3, -0.25) is 14.6 Å². The van der Waals surface area contributed by atoms with Gasteiger partial charge in [0, 0.05) is 31.1 Å². The molecule has 0 aliphatic carbocycles. The normalized spacial score (nSPS) is 21.8. The van der Waals surface area contributed by atoms with Crippen LogP contribution in [0.3, 0.4) is 0 Å². The van der Waals surface area contributed by atoms with E-state index in [-0.39, 0.29) is 11.9 Å². The number of benzene rings is 1. The Morgan fingerprint density at radius 3 is 2.65 bits per heavy atom. The summed E-state index contributed by atoms with van der Waals surface area (Å²) in [6.07, 6.45) is 3.45. The van der Waals surface area contributed by atoms with E-state index in [1.165, 1.54) is 41.9 Å². The third kappa shape index (κ3) is 4.34. The molecule has 2 saturated heterocycles. The summed E-state index contributed by atoms with van der Waals surface area (Å²) in [5.74, 6) is 0.161. The van der Waals surface area contributed by atoms with Crippen LogP contribution in [0.5, 0.6) is 0 Å². The van der Waals surface area contributed by atoms with Gasteiger partial charge in [-0.05, 0) is 54.9 Å². The second-order valence-corrected chi connectivity index (χ2v) is 8.37. The van der Waals surface area contributed by atoms with Gasteiger partial charge in [0.25, 0.3) is 0 Å². The standard InChI is InChI=1S/C21H27N3OS/c25-21-20(13-17-6-2-1-3-7-17)24(11-8-22-21)15-19-12-18(16-26-19)14-23-9-4-5-10-23/h1-3,6-7,12,16,20H,4-5,8-11,13-15H2,(H,22,25)/t20-/m0/s1. The first kappa shape index (κ1) is 17.7. The average Bonchev–Trinajstić information content (AvgIpc) is 3.32. The van der Waals surface area contributed by atoms with Crippen LogP contribution in [-0.4, -0.2) is 47.9 Å². The monoisotopic (exact) mass is 369 g/mol.